The molecule has 0 saturated heterocycles. The molecule has 0 heterocycles. The normalized spacial score (nSPS) is 10.9. The lowest BCUT2D eigenvalue weighted by molar-refractivity contribution is 0.744. The van der Waals surface area contributed by atoms with Crippen LogP contribution in [0.2, 0.25) is 0 Å². The van der Waals surface area contributed by atoms with Gasteiger partial charge >= 0.3 is 0 Å². The van der Waals surface area contributed by atoms with Crippen LogP contribution in [-0.4, -0.2) is 19.3 Å². The minimum atomic E-state index is 1.04. The van der Waals surface area contributed by atoms with Gasteiger partial charge in [0.1, 0.15) is 0 Å². The van der Waals surface area contributed by atoms with E-state index in [0.29, 0.717) is 0 Å². The highest BCUT2D eigenvalue weighted by Crippen LogP contribution is 2.26. The molecule has 0 bridgehead atoms. The standard InChI is InChI=1S/C25H29N3/c1-3-19-27(20-4-2)25-18-12-11-13-22(25)21-26-28(23-14-7-5-8-15-23)24-16-9-6-10-17-24/h5-18,21H,3-4,19-20H2,1-2H3/b26-21+. The molecule has 0 aliphatic rings. The molecule has 0 amide bonds. The van der Waals surface area contributed by atoms with E-state index in [2.05, 4.69) is 67.3 Å². The van der Waals surface area contributed by atoms with Gasteiger partial charge in [-0.15, -0.1) is 0 Å². The summed E-state index contributed by atoms with van der Waals surface area (Å²) in [6.45, 7) is 6.57. The minimum Gasteiger partial charge on any atom is -0.371 e. The van der Waals surface area contributed by atoms with E-state index in [-0.39, 0.29) is 0 Å². The molecule has 28 heavy (non-hydrogen) atoms. The Kier molecular flexibility index (Phi) is 7.25. The number of hydrazone groups is 1. The van der Waals surface area contributed by atoms with Gasteiger partial charge < -0.3 is 4.90 Å². The predicted molar refractivity (Wildman–Crippen MR) is 122 cm³/mol. The first kappa shape index (κ1) is 19.7. The number of rotatable bonds is 9. The van der Waals surface area contributed by atoms with Crippen LogP contribution in [-0.2, 0) is 0 Å². The van der Waals surface area contributed by atoms with Gasteiger partial charge in [0.2, 0.25) is 0 Å². The maximum absolute atomic E-state index is 4.88. The highest BCUT2D eigenvalue weighted by atomic mass is 15.5. The van der Waals surface area contributed by atoms with Crippen molar-refractivity contribution in [2.75, 3.05) is 23.0 Å². The first-order valence-corrected chi connectivity index (χ1v) is 10.1. The second-order valence-electron chi connectivity index (χ2n) is 6.77. The van der Waals surface area contributed by atoms with Gasteiger partial charge in [0, 0.05) is 24.3 Å². The smallest absolute Gasteiger partial charge is 0.0652 e. The first-order valence-electron chi connectivity index (χ1n) is 10.1. The molecule has 3 rings (SSSR count). The zero-order valence-corrected chi connectivity index (χ0v) is 16.8. The van der Waals surface area contributed by atoms with Gasteiger partial charge in [-0.05, 0) is 43.2 Å². The van der Waals surface area contributed by atoms with Crippen molar-refractivity contribution < 1.29 is 0 Å². The third kappa shape index (κ3) is 5.01. The fourth-order valence-corrected chi connectivity index (χ4v) is 3.32. The average Bonchev–Trinajstić information content (AvgIpc) is 2.76. The van der Waals surface area contributed by atoms with Crippen molar-refractivity contribution >= 4 is 23.3 Å². The number of benzene rings is 3. The summed E-state index contributed by atoms with van der Waals surface area (Å²) in [5.74, 6) is 0. The molecule has 3 heteroatoms. The lowest BCUT2D eigenvalue weighted by atomic mass is 10.1. The summed E-state index contributed by atoms with van der Waals surface area (Å²) in [4.78, 5) is 2.46. The molecule has 0 radical (unpaired) electrons. The number of para-hydroxylation sites is 3. The summed E-state index contributed by atoms with van der Waals surface area (Å²) in [5.41, 5.74) is 4.47. The lowest BCUT2D eigenvalue weighted by Crippen LogP contribution is -2.26. The second kappa shape index (κ2) is 10.3. The minimum absolute atomic E-state index is 1.04. The third-order valence-electron chi connectivity index (χ3n) is 4.58. The largest absolute Gasteiger partial charge is 0.371 e. The summed E-state index contributed by atoms with van der Waals surface area (Å²) in [6.07, 6.45) is 4.24. The monoisotopic (exact) mass is 371 g/mol. The zero-order valence-electron chi connectivity index (χ0n) is 16.8. The van der Waals surface area contributed by atoms with E-state index < -0.39 is 0 Å². The molecular weight excluding hydrogens is 342 g/mol. The molecular formula is C25H29N3. The summed E-state index contributed by atoms with van der Waals surface area (Å²) in [5, 5.41) is 6.87. The Morgan fingerprint density at radius 1 is 0.679 bits per heavy atom. The Labute approximate surface area is 168 Å². The molecule has 3 aromatic rings. The highest BCUT2D eigenvalue weighted by Gasteiger charge is 2.10. The maximum Gasteiger partial charge on any atom is 0.0652 e. The topological polar surface area (TPSA) is 18.8 Å². The van der Waals surface area contributed by atoms with Crippen LogP contribution in [0, 0.1) is 0 Å². The SMILES string of the molecule is CCCN(CCC)c1ccccc1/C=N/N(c1ccccc1)c1ccccc1. The van der Waals surface area contributed by atoms with E-state index in [1.54, 1.807) is 0 Å². The lowest BCUT2D eigenvalue weighted by Gasteiger charge is -2.26. The van der Waals surface area contributed by atoms with Crippen LogP contribution < -0.4 is 9.91 Å². The van der Waals surface area contributed by atoms with Crippen molar-refractivity contribution in [1.82, 2.24) is 0 Å². The molecule has 0 fully saturated rings. The van der Waals surface area contributed by atoms with Crippen LogP contribution >= 0.6 is 0 Å². The van der Waals surface area contributed by atoms with Gasteiger partial charge in [0.05, 0.1) is 17.6 Å². The second-order valence-corrected chi connectivity index (χ2v) is 6.77. The van der Waals surface area contributed by atoms with E-state index in [0.717, 1.165) is 42.9 Å². The van der Waals surface area contributed by atoms with Gasteiger partial charge in [0.15, 0.2) is 0 Å². The summed E-state index contributed by atoms with van der Waals surface area (Å²) in [6, 6.07) is 29.1. The summed E-state index contributed by atoms with van der Waals surface area (Å²) >= 11 is 0. The molecule has 0 aliphatic heterocycles. The Morgan fingerprint density at radius 3 is 1.71 bits per heavy atom. The molecule has 3 nitrogen and oxygen atoms in total. The number of nitrogens with zero attached hydrogens (tertiary/aromatic N) is 3. The van der Waals surface area contributed by atoms with Crippen molar-refractivity contribution in [3.8, 4) is 0 Å². The van der Waals surface area contributed by atoms with Gasteiger partial charge in [-0.2, -0.15) is 5.10 Å². The van der Waals surface area contributed by atoms with Crippen LogP contribution in [0.1, 0.15) is 32.3 Å². The van der Waals surface area contributed by atoms with E-state index in [4.69, 9.17) is 5.10 Å². The fraction of sp³-hybridized carbons (Fsp3) is 0.240. The molecule has 0 spiro atoms. The molecule has 0 N–H and O–H groups in total. The summed E-state index contributed by atoms with van der Waals surface area (Å²) in [7, 11) is 0. The predicted octanol–water partition coefficient (Wildman–Crippen LogP) is 6.49. The van der Waals surface area contributed by atoms with Crippen LogP contribution in [0.25, 0.3) is 0 Å². The van der Waals surface area contributed by atoms with Gasteiger partial charge in [-0.3, -0.25) is 0 Å². The molecule has 3 aromatic carbocycles. The number of hydrogen-bond donors (Lipinski definition) is 0. The molecule has 0 saturated carbocycles. The molecule has 144 valence electrons. The molecule has 0 aromatic heterocycles. The van der Waals surface area contributed by atoms with E-state index in [1.165, 1.54) is 5.69 Å². The third-order valence-corrected chi connectivity index (χ3v) is 4.58. The van der Waals surface area contributed by atoms with Crippen LogP contribution in [0.4, 0.5) is 17.1 Å². The van der Waals surface area contributed by atoms with E-state index in [1.807, 2.05) is 47.6 Å². The fourth-order valence-electron chi connectivity index (χ4n) is 3.32. The van der Waals surface area contributed by atoms with Gasteiger partial charge in [-0.1, -0.05) is 68.4 Å². The van der Waals surface area contributed by atoms with Crippen LogP contribution in [0.3, 0.4) is 0 Å². The number of anilines is 3. The number of hydrogen-bond acceptors (Lipinski definition) is 3. The van der Waals surface area contributed by atoms with Crippen molar-refractivity contribution in [2.24, 2.45) is 5.10 Å². The van der Waals surface area contributed by atoms with Crippen molar-refractivity contribution in [1.29, 1.82) is 0 Å². The van der Waals surface area contributed by atoms with E-state index >= 15 is 0 Å². The van der Waals surface area contributed by atoms with Crippen molar-refractivity contribution in [2.45, 2.75) is 26.7 Å². The molecule has 0 aliphatic carbocycles. The van der Waals surface area contributed by atoms with Crippen LogP contribution in [0.15, 0.2) is 90.0 Å². The van der Waals surface area contributed by atoms with Gasteiger partial charge in [0.25, 0.3) is 0 Å². The molecule has 0 atom stereocenters. The van der Waals surface area contributed by atoms with E-state index in [9.17, 15) is 0 Å². The maximum atomic E-state index is 4.88. The quantitative estimate of drug-likeness (QED) is 0.316. The van der Waals surface area contributed by atoms with Crippen molar-refractivity contribution in [3.05, 3.63) is 90.5 Å². The Bertz CT molecular complexity index is 814. The zero-order chi connectivity index (χ0) is 19.6. The van der Waals surface area contributed by atoms with Crippen molar-refractivity contribution in [3.63, 3.8) is 0 Å². The Balaban J connectivity index is 1.96. The van der Waals surface area contributed by atoms with Gasteiger partial charge in [-0.25, -0.2) is 5.01 Å². The average molecular weight is 372 g/mol. The first-order chi connectivity index (χ1) is 13.8. The Hall–Kier alpha value is -3.07. The Morgan fingerprint density at radius 2 is 1.18 bits per heavy atom. The highest BCUT2D eigenvalue weighted by molar-refractivity contribution is 5.89. The molecule has 0 unspecified atom stereocenters. The van der Waals surface area contributed by atoms with Crippen LogP contribution in [0.5, 0.6) is 0 Å². The summed E-state index contributed by atoms with van der Waals surface area (Å²) < 4.78 is 0.